The van der Waals surface area contributed by atoms with Crippen LogP contribution in [0, 0.1) is 0 Å². The van der Waals surface area contributed by atoms with E-state index in [-0.39, 0.29) is 12.0 Å². The average Bonchev–Trinajstić information content (AvgIpc) is 2.85. The zero-order valence-electron chi connectivity index (χ0n) is 11.1. The van der Waals surface area contributed by atoms with Gasteiger partial charge in [0.2, 0.25) is 5.76 Å². The van der Waals surface area contributed by atoms with Crippen LogP contribution in [0.25, 0.3) is 0 Å². The second-order valence-electron chi connectivity index (χ2n) is 5.20. The van der Waals surface area contributed by atoms with Gasteiger partial charge in [-0.2, -0.15) is 0 Å². The molecule has 1 aromatic rings. The number of amides is 1. The molecule has 0 radical (unpaired) electrons. The van der Waals surface area contributed by atoms with E-state index < -0.39 is 0 Å². The molecule has 1 amide bonds. The maximum absolute atomic E-state index is 12.2. The van der Waals surface area contributed by atoms with Crippen molar-refractivity contribution in [1.29, 1.82) is 0 Å². The highest BCUT2D eigenvalue weighted by Gasteiger charge is 2.34. The van der Waals surface area contributed by atoms with Gasteiger partial charge in [0.05, 0.1) is 18.9 Å². The number of hydrogen-bond donors (Lipinski definition) is 0. The average molecular weight is 265 g/mol. The second-order valence-corrected chi connectivity index (χ2v) is 5.20. The fraction of sp³-hybridized carbons (Fsp3) is 0.692. The lowest BCUT2D eigenvalue weighted by Crippen LogP contribution is -2.49. The summed E-state index contributed by atoms with van der Waals surface area (Å²) in [6.45, 7) is 3.22. The summed E-state index contributed by atoms with van der Waals surface area (Å²) in [4.78, 5) is 16.4. The van der Waals surface area contributed by atoms with Gasteiger partial charge in [0.15, 0.2) is 0 Å². The van der Waals surface area contributed by atoms with Crippen LogP contribution in [0.1, 0.15) is 23.4 Å². The minimum atomic E-state index is -0.0706. The molecule has 0 bridgehead atoms. The van der Waals surface area contributed by atoms with E-state index in [9.17, 15) is 4.79 Å². The first-order valence-corrected chi connectivity index (χ1v) is 6.77. The van der Waals surface area contributed by atoms with E-state index in [1.165, 1.54) is 6.20 Å². The molecule has 6 nitrogen and oxygen atoms in total. The zero-order valence-corrected chi connectivity index (χ0v) is 11.1. The first-order valence-electron chi connectivity index (χ1n) is 6.77. The lowest BCUT2D eigenvalue weighted by atomic mass is 10.0. The number of carbonyl (C=O) groups is 1. The SMILES string of the molecule is CN1CCOC2CCN(C(=O)c3ccno3)CCC21. The third kappa shape index (κ3) is 2.50. The van der Waals surface area contributed by atoms with E-state index in [0.717, 1.165) is 32.5 Å². The lowest BCUT2D eigenvalue weighted by molar-refractivity contribution is -0.0617. The van der Waals surface area contributed by atoms with Gasteiger partial charge in [-0.3, -0.25) is 9.69 Å². The highest BCUT2D eigenvalue weighted by atomic mass is 16.5. The van der Waals surface area contributed by atoms with Crippen molar-refractivity contribution in [2.45, 2.75) is 25.0 Å². The maximum Gasteiger partial charge on any atom is 0.292 e. The Bertz CT molecular complexity index is 434. The Hall–Kier alpha value is -1.40. The summed E-state index contributed by atoms with van der Waals surface area (Å²) >= 11 is 0. The van der Waals surface area contributed by atoms with Gasteiger partial charge in [0.1, 0.15) is 0 Å². The third-order valence-corrected chi connectivity index (χ3v) is 4.09. The number of carbonyl (C=O) groups excluding carboxylic acids is 1. The molecule has 2 fully saturated rings. The molecule has 0 N–H and O–H groups in total. The van der Waals surface area contributed by atoms with Crippen LogP contribution < -0.4 is 0 Å². The van der Waals surface area contributed by atoms with Crippen LogP contribution in [0.3, 0.4) is 0 Å². The molecule has 0 aromatic carbocycles. The van der Waals surface area contributed by atoms with Crippen LogP contribution in [-0.4, -0.2) is 66.3 Å². The third-order valence-electron chi connectivity index (χ3n) is 4.09. The molecule has 3 heterocycles. The first kappa shape index (κ1) is 12.6. The van der Waals surface area contributed by atoms with Crippen molar-refractivity contribution in [2.24, 2.45) is 0 Å². The molecule has 2 saturated heterocycles. The van der Waals surface area contributed by atoms with E-state index >= 15 is 0 Å². The molecule has 2 unspecified atom stereocenters. The standard InChI is InChI=1S/C13H19N3O3/c1-15-8-9-18-11-4-7-16(6-3-10(11)15)13(17)12-2-5-14-19-12/h2,5,10-11H,3-4,6-9H2,1H3. The number of likely N-dealkylation sites (tertiary alicyclic amines) is 1. The van der Waals surface area contributed by atoms with Gasteiger partial charge < -0.3 is 14.2 Å². The summed E-state index contributed by atoms with van der Waals surface area (Å²) < 4.78 is 10.8. The van der Waals surface area contributed by atoms with E-state index in [4.69, 9.17) is 9.26 Å². The van der Waals surface area contributed by atoms with Crippen molar-refractivity contribution in [1.82, 2.24) is 15.0 Å². The van der Waals surface area contributed by atoms with E-state index in [0.29, 0.717) is 18.3 Å². The number of hydrogen-bond acceptors (Lipinski definition) is 5. The van der Waals surface area contributed by atoms with Crippen molar-refractivity contribution in [3.05, 3.63) is 18.0 Å². The number of rotatable bonds is 1. The minimum absolute atomic E-state index is 0.0706. The summed E-state index contributed by atoms with van der Waals surface area (Å²) in [5.41, 5.74) is 0. The Morgan fingerprint density at radius 2 is 2.21 bits per heavy atom. The van der Waals surface area contributed by atoms with Crippen LogP contribution >= 0.6 is 0 Å². The van der Waals surface area contributed by atoms with Crippen molar-refractivity contribution in [3.8, 4) is 0 Å². The molecule has 0 saturated carbocycles. The molecule has 2 aliphatic rings. The zero-order chi connectivity index (χ0) is 13.2. The molecular weight excluding hydrogens is 246 g/mol. The lowest BCUT2D eigenvalue weighted by Gasteiger charge is -2.37. The summed E-state index contributed by atoms with van der Waals surface area (Å²) in [7, 11) is 2.13. The number of nitrogens with zero attached hydrogens (tertiary/aromatic N) is 3. The van der Waals surface area contributed by atoms with Crippen molar-refractivity contribution >= 4 is 5.91 Å². The van der Waals surface area contributed by atoms with Crippen molar-refractivity contribution < 1.29 is 14.1 Å². The number of likely N-dealkylation sites (N-methyl/N-ethyl adjacent to an activating group) is 1. The van der Waals surface area contributed by atoms with Gasteiger partial charge in [-0.05, 0) is 19.9 Å². The number of aromatic nitrogens is 1. The van der Waals surface area contributed by atoms with Crippen LogP contribution in [-0.2, 0) is 4.74 Å². The molecule has 19 heavy (non-hydrogen) atoms. The summed E-state index contributed by atoms with van der Waals surface area (Å²) in [5.74, 6) is 0.248. The highest BCUT2D eigenvalue weighted by Crippen LogP contribution is 2.23. The molecular formula is C13H19N3O3. The normalized spacial score (nSPS) is 28.8. The van der Waals surface area contributed by atoms with E-state index in [1.807, 2.05) is 4.90 Å². The number of fused-ring (bicyclic) bond motifs is 1. The Labute approximate surface area is 112 Å². The minimum Gasteiger partial charge on any atom is -0.375 e. The first-order chi connectivity index (χ1) is 9.25. The Kier molecular flexibility index (Phi) is 3.52. The molecule has 104 valence electrons. The van der Waals surface area contributed by atoms with Gasteiger partial charge in [0, 0.05) is 31.7 Å². The fourth-order valence-corrected chi connectivity index (χ4v) is 2.96. The molecule has 6 heteroatoms. The Morgan fingerprint density at radius 1 is 1.37 bits per heavy atom. The van der Waals surface area contributed by atoms with Gasteiger partial charge in [0.25, 0.3) is 5.91 Å². The highest BCUT2D eigenvalue weighted by molar-refractivity contribution is 5.91. The predicted molar refractivity (Wildman–Crippen MR) is 67.8 cm³/mol. The van der Waals surface area contributed by atoms with Crippen molar-refractivity contribution in [3.63, 3.8) is 0 Å². The van der Waals surface area contributed by atoms with Crippen LogP contribution in [0.5, 0.6) is 0 Å². The topological polar surface area (TPSA) is 58.8 Å². The second kappa shape index (κ2) is 5.30. The molecule has 0 aliphatic carbocycles. The summed E-state index contributed by atoms with van der Waals surface area (Å²) in [6.07, 6.45) is 3.57. The Morgan fingerprint density at radius 3 is 3.00 bits per heavy atom. The molecule has 0 spiro atoms. The molecule has 3 rings (SSSR count). The molecule has 2 aliphatic heterocycles. The number of morpholine rings is 1. The van der Waals surface area contributed by atoms with Gasteiger partial charge in [-0.15, -0.1) is 0 Å². The van der Waals surface area contributed by atoms with Crippen molar-refractivity contribution in [2.75, 3.05) is 33.3 Å². The summed E-state index contributed by atoms with van der Waals surface area (Å²) in [5, 5.41) is 3.59. The number of ether oxygens (including phenoxy) is 1. The Balaban J connectivity index is 1.68. The van der Waals surface area contributed by atoms with Gasteiger partial charge >= 0.3 is 0 Å². The smallest absolute Gasteiger partial charge is 0.292 e. The van der Waals surface area contributed by atoms with E-state index in [1.54, 1.807) is 6.07 Å². The van der Waals surface area contributed by atoms with Crippen LogP contribution in [0.4, 0.5) is 0 Å². The monoisotopic (exact) mass is 265 g/mol. The quantitative estimate of drug-likeness (QED) is 0.744. The molecule has 1 aromatic heterocycles. The summed E-state index contributed by atoms with van der Waals surface area (Å²) in [6, 6.07) is 2.03. The van der Waals surface area contributed by atoms with Gasteiger partial charge in [-0.25, -0.2) is 0 Å². The van der Waals surface area contributed by atoms with Crippen LogP contribution in [0.15, 0.2) is 16.8 Å². The van der Waals surface area contributed by atoms with E-state index in [2.05, 4.69) is 17.1 Å². The van der Waals surface area contributed by atoms with Gasteiger partial charge in [-0.1, -0.05) is 5.16 Å². The molecule has 2 atom stereocenters. The van der Waals surface area contributed by atoms with Crippen LogP contribution in [0.2, 0.25) is 0 Å². The maximum atomic E-state index is 12.2. The largest absolute Gasteiger partial charge is 0.375 e. The fourth-order valence-electron chi connectivity index (χ4n) is 2.96. The predicted octanol–water partition coefficient (Wildman–Crippen LogP) is 0.610.